The van der Waals surface area contributed by atoms with Crippen LogP contribution in [0.4, 0.5) is 0 Å². The molecule has 0 aromatic carbocycles. The fourth-order valence-corrected chi connectivity index (χ4v) is 2.91. The molecule has 2 rings (SSSR count). The maximum absolute atomic E-state index is 11.9. The van der Waals surface area contributed by atoms with Gasteiger partial charge in [0.2, 0.25) is 0 Å². The van der Waals surface area contributed by atoms with Crippen LogP contribution in [-0.4, -0.2) is 25.0 Å². The highest BCUT2D eigenvalue weighted by molar-refractivity contribution is 7.12. The Morgan fingerprint density at radius 1 is 1.50 bits per heavy atom. The summed E-state index contributed by atoms with van der Waals surface area (Å²) in [6.45, 7) is 2.02. The SMILES string of the molecule is O=C(NC1CCCNCC1)c1sccc1Cl. The molecule has 1 aromatic rings. The molecule has 16 heavy (non-hydrogen) atoms. The monoisotopic (exact) mass is 258 g/mol. The summed E-state index contributed by atoms with van der Waals surface area (Å²) in [7, 11) is 0. The van der Waals surface area contributed by atoms with Gasteiger partial charge in [-0.2, -0.15) is 0 Å². The lowest BCUT2D eigenvalue weighted by Gasteiger charge is -2.15. The number of rotatable bonds is 2. The summed E-state index contributed by atoms with van der Waals surface area (Å²) in [6.07, 6.45) is 3.15. The maximum atomic E-state index is 11.9. The Morgan fingerprint density at radius 3 is 3.12 bits per heavy atom. The van der Waals surface area contributed by atoms with E-state index in [-0.39, 0.29) is 11.9 Å². The van der Waals surface area contributed by atoms with Gasteiger partial charge in [-0.15, -0.1) is 11.3 Å². The molecular weight excluding hydrogens is 244 g/mol. The van der Waals surface area contributed by atoms with Crippen LogP contribution in [0.3, 0.4) is 0 Å². The first kappa shape index (κ1) is 11.9. The van der Waals surface area contributed by atoms with Gasteiger partial charge in [-0.05, 0) is 43.8 Å². The molecule has 1 aliphatic heterocycles. The van der Waals surface area contributed by atoms with Gasteiger partial charge in [0.1, 0.15) is 4.88 Å². The van der Waals surface area contributed by atoms with E-state index >= 15 is 0 Å². The van der Waals surface area contributed by atoms with Crippen LogP contribution in [0.2, 0.25) is 5.02 Å². The summed E-state index contributed by atoms with van der Waals surface area (Å²) < 4.78 is 0. The molecule has 1 fully saturated rings. The zero-order valence-corrected chi connectivity index (χ0v) is 10.5. The summed E-state index contributed by atoms with van der Waals surface area (Å²) in [4.78, 5) is 12.5. The Kier molecular flexibility index (Phi) is 4.21. The van der Waals surface area contributed by atoms with Gasteiger partial charge in [-0.25, -0.2) is 0 Å². The summed E-state index contributed by atoms with van der Waals surface area (Å²) in [6, 6.07) is 2.04. The third kappa shape index (κ3) is 2.97. The molecule has 1 atom stereocenters. The van der Waals surface area contributed by atoms with Crippen molar-refractivity contribution >= 4 is 28.8 Å². The van der Waals surface area contributed by atoms with E-state index in [9.17, 15) is 4.79 Å². The molecule has 1 aromatic heterocycles. The van der Waals surface area contributed by atoms with E-state index < -0.39 is 0 Å². The normalized spacial score (nSPS) is 21.4. The molecule has 0 spiro atoms. The third-order valence-electron chi connectivity index (χ3n) is 2.73. The molecular formula is C11H15ClN2OS. The van der Waals surface area contributed by atoms with Crippen LogP contribution in [0, 0.1) is 0 Å². The van der Waals surface area contributed by atoms with Crippen molar-refractivity contribution in [3.8, 4) is 0 Å². The van der Waals surface area contributed by atoms with E-state index in [1.807, 2.05) is 5.38 Å². The molecule has 1 amide bonds. The number of halogens is 1. The van der Waals surface area contributed by atoms with Gasteiger partial charge in [0.15, 0.2) is 0 Å². The average molecular weight is 259 g/mol. The Labute approximate surface area is 104 Å². The highest BCUT2D eigenvalue weighted by Gasteiger charge is 2.17. The molecule has 3 nitrogen and oxygen atoms in total. The number of nitrogens with one attached hydrogen (secondary N) is 2. The number of carbonyl (C=O) groups is 1. The molecule has 2 N–H and O–H groups in total. The molecule has 2 heterocycles. The molecule has 1 aliphatic rings. The first-order valence-electron chi connectivity index (χ1n) is 5.52. The van der Waals surface area contributed by atoms with Gasteiger partial charge in [0.05, 0.1) is 5.02 Å². The smallest absolute Gasteiger partial charge is 0.263 e. The first-order valence-corrected chi connectivity index (χ1v) is 6.77. The number of hydrogen-bond donors (Lipinski definition) is 2. The van der Waals surface area contributed by atoms with Gasteiger partial charge in [0.25, 0.3) is 5.91 Å². The largest absolute Gasteiger partial charge is 0.349 e. The van der Waals surface area contributed by atoms with E-state index in [4.69, 9.17) is 11.6 Å². The molecule has 0 bridgehead atoms. The first-order chi connectivity index (χ1) is 7.77. The van der Waals surface area contributed by atoms with Crippen LogP contribution in [0.1, 0.15) is 28.9 Å². The average Bonchev–Trinajstić information content (AvgIpc) is 2.53. The predicted molar refractivity (Wildman–Crippen MR) is 67.3 cm³/mol. The minimum Gasteiger partial charge on any atom is -0.349 e. The zero-order valence-electron chi connectivity index (χ0n) is 8.96. The lowest BCUT2D eigenvalue weighted by atomic mass is 10.1. The Morgan fingerprint density at radius 2 is 2.38 bits per heavy atom. The molecule has 0 saturated carbocycles. The quantitative estimate of drug-likeness (QED) is 0.855. The van der Waals surface area contributed by atoms with Crippen molar-refractivity contribution in [2.24, 2.45) is 0 Å². The summed E-state index contributed by atoms with van der Waals surface area (Å²) in [5, 5.41) is 8.76. The van der Waals surface area contributed by atoms with Gasteiger partial charge in [0, 0.05) is 6.04 Å². The van der Waals surface area contributed by atoms with Crippen LogP contribution >= 0.6 is 22.9 Å². The highest BCUT2D eigenvalue weighted by atomic mass is 35.5. The molecule has 1 unspecified atom stereocenters. The van der Waals surface area contributed by atoms with Crippen molar-refractivity contribution < 1.29 is 4.79 Å². The number of amides is 1. The van der Waals surface area contributed by atoms with E-state index in [0.29, 0.717) is 9.90 Å². The molecule has 0 aliphatic carbocycles. The topological polar surface area (TPSA) is 41.1 Å². The van der Waals surface area contributed by atoms with E-state index in [1.54, 1.807) is 6.07 Å². The second kappa shape index (κ2) is 5.66. The Bertz CT molecular complexity index is 359. The van der Waals surface area contributed by atoms with Crippen LogP contribution in [-0.2, 0) is 0 Å². The van der Waals surface area contributed by atoms with Gasteiger partial charge < -0.3 is 10.6 Å². The van der Waals surface area contributed by atoms with Gasteiger partial charge >= 0.3 is 0 Å². The molecule has 1 saturated heterocycles. The fourth-order valence-electron chi connectivity index (χ4n) is 1.87. The van der Waals surface area contributed by atoms with Crippen molar-refractivity contribution in [2.45, 2.75) is 25.3 Å². The highest BCUT2D eigenvalue weighted by Crippen LogP contribution is 2.22. The van der Waals surface area contributed by atoms with Gasteiger partial charge in [-0.3, -0.25) is 4.79 Å². The predicted octanol–water partition coefficient (Wildman–Crippen LogP) is 2.27. The van der Waals surface area contributed by atoms with Crippen molar-refractivity contribution in [3.05, 3.63) is 21.3 Å². The van der Waals surface area contributed by atoms with Crippen molar-refractivity contribution in [2.75, 3.05) is 13.1 Å². The van der Waals surface area contributed by atoms with Crippen molar-refractivity contribution in [3.63, 3.8) is 0 Å². The summed E-state index contributed by atoms with van der Waals surface area (Å²) in [5.41, 5.74) is 0. The molecule has 0 radical (unpaired) electrons. The lowest BCUT2D eigenvalue weighted by molar-refractivity contribution is 0.0938. The zero-order chi connectivity index (χ0) is 11.4. The van der Waals surface area contributed by atoms with Gasteiger partial charge in [-0.1, -0.05) is 11.6 Å². The second-order valence-electron chi connectivity index (χ2n) is 3.95. The van der Waals surface area contributed by atoms with Crippen LogP contribution in [0.5, 0.6) is 0 Å². The number of hydrogen-bond acceptors (Lipinski definition) is 3. The van der Waals surface area contributed by atoms with Crippen molar-refractivity contribution in [1.29, 1.82) is 0 Å². The summed E-state index contributed by atoms with van der Waals surface area (Å²) >= 11 is 7.31. The standard InChI is InChI=1S/C11H15ClN2OS/c12-9-4-7-16-10(9)11(15)14-8-2-1-5-13-6-3-8/h4,7-8,13H,1-3,5-6H2,(H,14,15). The Balaban J connectivity index is 1.93. The van der Waals surface area contributed by atoms with Crippen LogP contribution in [0.25, 0.3) is 0 Å². The minimum absolute atomic E-state index is 0.0353. The van der Waals surface area contributed by atoms with E-state index in [1.165, 1.54) is 11.3 Å². The van der Waals surface area contributed by atoms with E-state index in [0.717, 1.165) is 32.4 Å². The minimum atomic E-state index is -0.0353. The fraction of sp³-hybridized carbons (Fsp3) is 0.545. The third-order valence-corrected chi connectivity index (χ3v) is 4.07. The molecule has 88 valence electrons. The lowest BCUT2D eigenvalue weighted by Crippen LogP contribution is -2.35. The summed E-state index contributed by atoms with van der Waals surface area (Å²) in [5.74, 6) is -0.0353. The van der Waals surface area contributed by atoms with Crippen LogP contribution in [0.15, 0.2) is 11.4 Å². The molecule has 5 heteroatoms. The number of carbonyl (C=O) groups excluding carboxylic acids is 1. The van der Waals surface area contributed by atoms with Crippen molar-refractivity contribution in [1.82, 2.24) is 10.6 Å². The van der Waals surface area contributed by atoms with E-state index in [2.05, 4.69) is 10.6 Å². The maximum Gasteiger partial charge on any atom is 0.263 e. The Hall–Kier alpha value is -0.580. The second-order valence-corrected chi connectivity index (χ2v) is 5.27. The number of thiophene rings is 1. The van der Waals surface area contributed by atoms with Crippen LogP contribution < -0.4 is 10.6 Å².